The molecule has 4 atom stereocenters. The highest BCUT2D eigenvalue weighted by atomic mass is 16.4. The van der Waals surface area contributed by atoms with Gasteiger partial charge < -0.3 is 31.9 Å². The van der Waals surface area contributed by atoms with Gasteiger partial charge in [-0.1, -0.05) is 53.7 Å². The summed E-state index contributed by atoms with van der Waals surface area (Å²) in [5, 5.41) is 26.7. The van der Waals surface area contributed by atoms with Crippen LogP contribution in [0.3, 0.4) is 0 Å². The van der Waals surface area contributed by atoms with Gasteiger partial charge in [0, 0.05) is 0 Å². The Labute approximate surface area is 207 Å². The van der Waals surface area contributed by atoms with Crippen LogP contribution >= 0.6 is 0 Å². The summed E-state index contributed by atoms with van der Waals surface area (Å²) in [5.74, 6) is -3.32. The lowest BCUT2D eigenvalue weighted by molar-refractivity contribution is -0.143. The second-order valence-corrected chi connectivity index (χ2v) is 9.97. The average Bonchev–Trinajstić information content (AvgIpc) is 2.75. The van der Waals surface area contributed by atoms with Crippen molar-refractivity contribution in [1.82, 2.24) is 16.0 Å². The van der Waals surface area contributed by atoms with Crippen LogP contribution in [-0.2, 0) is 25.6 Å². The van der Waals surface area contributed by atoms with Gasteiger partial charge in [0.05, 0.1) is 6.04 Å². The van der Waals surface area contributed by atoms with E-state index in [0.29, 0.717) is 6.42 Å². The van der Waals surface area contributed by atoms with Crippen LogP contribution in [0.2, 0.25) is 0 Å². The summed E-state index contributed by atoms with van der Waals surface area (Å²) < 4.78 is 0. The number of amides is 3. The maximum atomic E-state index is 13.1. The van der Waals surface area contributed by atoms with Crippen LogP contribution in [0.25, 0.3) is 0 Å². The second-order valence-electron chi connectivity index (χ2n) is 9.97. The van der Waals surface area contributed by atoms with E-state index in [-0.39, 0.29) is 29.9 Å². The maximum absolute atomic E-state index is 13.1. The third-order valence-corrected chi connectivity index (χ3v) is 5.55. The van der Waals surface area contributed by atoms with Crippen LogP contribution in [0, 0.1) is 17.8 Å². The van der Waals surface area contributed by atoms with Crippen molar-refractivity contribution in [2.24, 2.45) is 23.5 Å². The molecule has 196 valence electrons. The number of carboxylic acids is 1. The molecule has 35 heavy (non-hydrogen) atoms. The van der Waals surface area contributed by atoms with Gasteiger partial charge in [0.25, 0.3) is 0 Å². The van der Waals surface area contributed by atoms with E-state index in [4.69, 9.17) is 5.73 Å². The monoisotopic (exact) mass is 492 g/mol. The molecule has 10 heteroatoms. The van der Waals surface area contributed by atoms with E-state index < -0.39 is 47.9 Å². The molecular weight excluding hydrogens is 452 g/mol. The van der Waals surface area contributed by atoms with Crippen molar-refractivity contribution in [1.29, 1.82) is 0 Å². The molecular formula is C25H40N4O6. The largest absolute Gasteiger partial charge is 0.508 e. The zero-order valence-corrected chi connectivity index (χ0v) is 21.4. The van der Waals surface area contributed by atoms with Crippen molar-refractivity contribution < 1.29 is 29.4 Å². The molecule has 4 unspecified atom stereocenters. The van der Waals surface area contributed by atoms with Gasteiger partial charge in [-0.2, -0.15) is 0 Å². The summed E-state index contributed by atoms with van der Waals surface area (Å²) in [6.45, 7) is 10.6. The highest BCUT2D eigenvalue weighted by Gasteiger charge is 2.32. The smallest absolute Gasteiger partial charge is 0.326 e. The zero-order valence-electron chi connectivity index (χ0n) is 21.4. The Morgan fingerprint density at radius 2 is 1.31 bits per heavy atom. The number of carboxylic acid groups (broad SMARTS) is 1. The molecule has 0 spiro atoms. The lowest BCUT2D eigenvalue weighted by atomic mass is 9.98. The van der Waals surface area contributed by atoms with E-state index in [1.165, 1.54) is 12.1 Å². The molecule has 0 bridgehead atoms. The number of phenolic OH excluding ortho intramolecular Hbond substituents is 1. The Bertz CT molecular complexity index is 869. The minimum Gasteiger partial charge on any atom is -0.508 e. The number of carbonyl (C=O) groups excluding carboxylic acids is 3. The Morgan fingerprint density at radius 3 is 1.77 bits per heavy atom. The van der Waals surface area contributed by atoms with Crippen LogP contribution in [0.1, 0.15) is 53.5 Å². The van der Waals surface area contributed by atoms with E-state index in [1.54, 1.807) is 39.8 Å². The zero-order chi connectivity index (χ0) is 26.9. The van der Waals surface area contributed by atoms with Crippen molar-refractivity contribution in [2.75, 3.05) is 0 Å². The number of hydrogen-bond donors (Lipinski definition) is 6. The Balaban J connectivity index is 2.92. The summed E-state index contributed by atoms with van der Waals surface area (Å²) in [5.41, 5.74) is 6.79. The number of aromatic hydroxyl groups is 1. The number of carbonyl (C=O) groups is 4. The molecule has 0 heterocycles. The van der Waals surface area contributed by atoms with Crippen molar-refractivity contribution in [3.63, 3.8) is 0 Å². The summed E-state index contributed by atoms with van der Waals surface area (Å²) in [6.07, 6.45) is 0.504. The number of aliphatic carboxylic acids is 1. The fourth-order valence-corrected chi connectivity index (χ4v) is 3.51. The number of nitrogens with two attached hydrogens (primary N) is 1. The van der Waals surface area contributed by atoms with Gasteiger partial charge in [-0.25, -0.2) is 4.79 Å². The molecule has 7 N–H and O–H groups in total. The van der Waals surface area contributed by atoms with Crippen molar-refractivity contribution in [3.8, 4) is 5.75 Å². The molecule has 0 aliphatic rings. The number of rotatable bonds is 13. The Morgan fingerprint density at radius 1 is 0.800 bits per heavy atom. The summed E-state index contributed by atoms with van der Waals surface area (Å²) in [7, 11) is 0. The molecule has 0 aliphatic carbocycles. The van der Waals surface area contributed by atoms with E-state index in [9.17, 15) is 29.4 Å². The summed E-state index contributed by atoms with van der Waals surface area (Å²) in [4.78, 5) is 50.2. The van der Waals surface area contributed by atoms with Crippen molar-refractivity contribution in [2.45, 2.75) is 78.6 Å². The van der Waals surface area contributed by atoms with Gasteiger partial charge >= 0.3 is 5.97 Å². The molecule has 1 aromatic carbocycles. The first-order chi connectivity index (χ1) is 16.2. The fourth-order valence-electron chi connectivity index (χ4n) is 3.51. The molecule has 0 radical (unpaired) electrons. The number of benzene rings is 1. The molecule has 0 aromatic heterocycles. The predicted molar refractivity (Wildman–Crippen MR) is 132 cm³/mol. The van der Waals surface area contributed by atoms with Crippen LogP contribution in [-0.4, -0.2) is 58.1 Å². The van der Waals surface area contributed by atoms with Crippen LogP contribution in [0.4, 0.5) is 0 Å². The van der Waals surface area contributed by atoms with Crippen molar-refractivity contribution >= 4 is 23.7 Å². The molecule has 0 aliphatic heterocycles. The summed E-state index contributed by atoms with van der Waals surface area (Å²) >= 11 is 0. The Hall–Kier alpha value is -3.14. The predicted octanol–water partition coefficient (Wildman–Crippen LogP) is 1.16. The van der Waals surface area contributed by atoms with E-state index in [1.807, 2.05) is 13.8 Å². The molecule has 1 rings (SSSR count). The third kappa shape index (κ3) is 9.94. The minimum atomic E-state index is -1.15. The molecule has 0 saturated heterocycles. The molecule has 1 aromatic rings. The lowest BCUT2D eigenvalue weighted by Crippen LogP contribution is -2.59. The van der Waals surface area contributed by atoms with Gasteiger partial charge in [0.15, 0.2) is 0 Å². The quantitative estimate of drug-likeness (QED) is 0.240. The first kappa shape index (κ1) is 29.9. The number of nitrogens with one attached hydrogen (secondary N) is 3. The molecule has 0 saturated carbocycles. The normalized spacial score (nSPS) is 14.8. The highest BCUT2D eigenvalue weighted by molar-refractivity contribution is 5.94. The maximum Gasteiger partial charge on any atom is 0.326 e. The fraction of sp³-hybridized carbons (Fsp3) is 0.600. The van der Waals surface area contributed by atoms with Crippen molar-refractivity contribution in [3.05, 3.63) is 29.8 Å². The van der Waals surface area contributed by atoms with Crippen LogP contribution in [0.5, 0.6) is 5.75 Å². The van der Waals surface area contributed by atoms with E-state index >= 15 is 0 Å². The van der Waals surface area contributed by atoms with Gasteiger partial charge in [-0.3, -0.25) is 14.4 Å². The lowest BCUT2D eigenvalue weighted by Gasteiger charge is -2.28. The molecule has 10 nitrogen and oxygen atoms in total. The van der Waals surface area contributed by atoms with Gasteiger partial charge in [-0.05, 0) is 48.3 Å². The van der Waals surface area contributed by atoms with E-state index in [0.717, 1.165) is 5.56 Å². The number of hydrogen-bond acceptors (Lipinski definition) is 6. The second kappa shape index (κ2) is 13.7. The van der Waals surface area contributed by atoms with Gasteiger partial charge in [0.1, 0.15) is 23.9 Å². The topological polar surface area (TPSA) is 171 Å². The van der Waals surface area contributed by atoms with Crippen LogP contribution < -0.4 is 21.7 Å². The Kier molecular flexibility index (Phi) is 11.7. The average molecular weight is 493 g/mol. The van der Waals surface area contributed by atoms with Gasteiger partial charge in [-0.15, -0.1) is 0 Å². The van der Waals surface area contributed by atoms with Crippen LogP contribution in [0.15, 0.2) is 24.3 Å². The molecule has 0 fully saturated rings. The highest BCUT2D eigenvalue weighted by Crippen LogP contribution is 2.12. The SMILES string of the molecule is CC(C)CC(NC(=O)C(NC(=O)C(N)Cc1ccc(O)cc1)C(C)C)C(=O)NC(C(=O)O)C(C)C. The standard InChI is InChI=1S/C25H40N4O6/c1-13(2)11-19(23(32)29-21(15(5)6)25(34)35)27-24(33)20(14(3)4)28-22(31)18(26)12-16-7-9-17(30)10-8-16/h7-10,13-15,18-21,30H,11-12,26H2,1-6H3,(H,27,33)(H,28,31)(H,29,32)(H,34,35). The van der Waals surface area contributed by atoms with E-state index in [2.05, 4.69) is 16.0 Å². The van der Waals surface area contributed by atoms with Gasteiger partial charge in [0.2, 0.25) is 17.7 Å². The first-order valence-electron chi connectivity index (χ1n) is 11.9. The third-order valence-electron chi connectivity index (χ3n) is 5.55. The minimum absolute atomic E-state index is 0.0409. The number of phenols is 1. The summed E-state index contributed by atoms with van der Waals surface area (Å²) in [6, 6.07) is 2.38. The first-order valence-corrected chi connectivity index (χ1v) is 11.9. The molecule has 3 amide bonds.